The second-order valence-electron chi connectivity index (χ2n) is 5.89. The van der Waals surface area contributed by atoms with E-state index in [1.807, 2.05) is 50.2 Å². The van der Waals surface area contributed by atoms with Crippen LogP contribution in [0.4, 0.5) is 0 Å². The van der Waals surface area contributed by atoms with Gasteiger partial charge in [-0.25, -0.2) is 0 Å². The SMILES string of the molecule is COc1ccccc1C(C)NC(=O)CCCOc1ccc(Cl)cc1C. The third kappa shape index (κ3) is 5.68. The van der Waals surface area contributed by atoms with E-state index in [4.69, 9.17) is 21.1 Å². The first-order valence-electron chi connectivity index (χ1n) is 8.32. The van der Waals surface area contributed by atoms with Crippen molar-refractivity contribution in [1.29, 1.82) is 0 Å². The van der Waals surface area contributed by atoms with Gasteiger partial charge < -0.3 is 14.8 Å². The number of halogens is 1. The van der Waals surface area contributed by atoms with E-state index in [0.717, 1.165) is 22.6 Å². The highest BCUT2D eigenvalue weighted by Crippen LogP contribution is 2.24. The van der Waals surface area contributed by atoms with E-state index in [1.54, 1.807) is 13.2 Å². The summed E-state index contributed by atoms with van der Waals surface area (Å²) >= 11 is 5.92. The molecule has 1 N–H and O–H groups in total. The van der Waals surface area contributed by atoms with Crippen LogP contribution < -0.4 is 14.8 Å². The van der Waals surface area contributed by atoms with Crippen LogP contribution in [0.5, 0.6) is 11.5 Å². The third-order valence-corrected chi connectivity index (χ3v) is 4.16. The molecule has 1 atom stereocenters. The molecule has 0 aliphatic rings. The van der Waals surface area contributed by atoms with Crippen LogP contribution >= 0.6 is 11.6 Å². The highest BCUT2D eigenvalue weighted by molar-refractivity contribution is 6.30. The summed E-state index contributed by atoms with van der Waals surface area (Å²) in [6.07, 6.45) is 1.05. The van der Waals surface area contributed by atoms with E-state index >= 15 is 0 Å². The lowest BCUT2D eigenvalue weighted by atomic mass is 10.1. The summed E-state index contributed by atoms with van der Waals surface area (Å²) < 4.78 is 11.0. The summed E-state index contributed by atoms with van der Waals surface area (Å²) in [6, 6.07) is 13.1. The molecule has 5 heteroatoms. The van der Waals surface area contributed by atoms with E-state index in [2.05, 4.69) is 5.32 Å². The van der Waals surface area contributed by atoms with Crippen LogP contribution in [0.2, 0.25) is 5.02 Å². The summed E-state index contributed by atoms with van der Waals surface area (Å²) in [5.74, 6) is 1.57. The third-order valence-electron chi connectivity index (χ3n) is 3.93. The summed E-state index contributed by atoms with van der Waals surface area (Å²) in [6.45, 7) is 4.38. The molecule has 0 aliphatic carbocycles. The minimum Gasteiger partial charge on any atom is -0.496 e. The number of aryl methyl sites for hydroxylation is 1. The number of rotatable bonds is 8. The Labute approximate surface area is 154 Å². The standard InChI is InChI=1S/C20H24ClNO3/c1-14-13-16(21)10-11-18(14)25-12-6-9-20(23)22-15(2)17-7-4-5-8-19(17)24-3/h4-5,7-8,10-11,13,15H,6,9,12H2,1-3H3,(H,22,23). The Morgan fingerprint density at radius 2 is 1.96 bits per heavy atom. The first-order chi connectivity index (χ1) is 12.0. The van der Waals surface area contributed by atoms with Gasteiger partial charge in [0.1, 0.15) is 11.5 Å². The molecular formula is C20H24ClNO3. The summed E-state index contributed by atoms with van der Waals surface area (Å²) in [5.41, 5.74) is 1.95. The average Bonchev–Trinajstić information content (AvgIpc) is 2.60. The highest BCUT2D eigenvalue weighted by atomic mass is 35.5. The minimum absolute atomic E-state index is 0.00478. The number of benzene rings is 2. The Morgan fingerprint density at radius 1 is 1.20 bits per heavy atom. The Bertz CT molecular complexity index is 718. The molecular weight excluding hydrogens is 338 g/mol. The van der Waals surface area contributed by atoms with Gasteiger partial charge in [0.25, 0.3) is 0 Å². The monoisotopic (exact) mass is 361 g/mol. The maximum atomic E-state index is 12.1. The number of methoxy groups -OCH3 is 1. The lowest BCUT2D eigenvalue weighted by Crippen LogP contribution is -2.27. The quantitative estimate of drug-likeness (QED) is 0.693. The Balaban J connectivity index is 1.77. The number of hydrogen-bond donors (Lipinski definition) is 1. The van der Waals surface area contributed by atoms with Crippen molar-refractivity contribution < 1.29 is 14.3 Å². The first kappa shape index (κ1) is 19.1. The summed E-state index contributed by atoms with van der Waals surface area (Å²) in [4.78, 5) is 12.1. The topological polar surface area (TPSA) is 47.6 Å². The molecule has 0 fully saturated rings. The predicted octanol–water partition coefficient (Wildman–Crippen LogP) is 4.69. The zero-order chi connectivity index (χ0) is 18.2. The van der Waals surface area contributed by atoms with Gasteiger partial charge >= 0.3 is 0 Å². The molecule has 0 saturated carbocycles. The zero-order valence-corrected chi connectivity index (χ0v) is 15.6. The molecule has 0 saturated heterocycles. The van der Waals surface area contributed by atoms with Gasteiger partial charge in [0.15, 0.2) is 0 Å². The zero-order valence-electron chi connectivity index (χ0n) is 14.8. The number of amides is 1. The van der Waals surface area contributed by atoms with E-state index in [-0.39, 0.29) is 11.9 Å². The van der Waals surface area contributed by atoms with Gasteiger partial charge in [-0.3, -0.25) is 4.79 Å². The normalized spacial score (nSPS) is 11.7. The molecule has 0 heterocycles. The van der Waals surface area contributed by atoms with Crippen molar-refractivity contribution in [1.82, 2.24) is 5.32 Å². The number of carbonyl (C=O) groups excluding carboxylic acids is 1. The molecule has 0 aliphatic heterocycles. The number of carbonyl (C=O) groups is 1. The van der Waals surface area contributed by atoms with E-state index in [9.17, 15) is 4.79 Å². The van der Waals surface area contributed by atoms with Crippen LogP contribution in [-0.2, 0) is 4.79 Å². The molecule has 0 spiro atoms. The Morgan fingerprint density at radius 3 is 2.68 bits per heavy atom. The van der Waals surface area contributed by atoms with Gasteiger partial charge in [0.2, 0.25) is 5.91 Å². The summed E-state index contributed by atoms with van der Waals surface area (Å²) in [5, 5.41) is 3.69. The van der Waals surface area contributed by atoms with Crippen molar-refractivity contribution >= 4 is 17.5 Å². The molecule has 134 valence electrons. The molecule has 1 unspecified atom stereocenters. The fraction of sp³-hybridized carbons (Fsp3) is 0.350. The molecule has 2 aromatic rings. The smallest absolute Gasteiger partial charge is 0.220 e. The van der Waals surface area contributed by atoms with E-state index < -0.39 is 0 Å². The van der Waals surface area contributed by atoms with Crippen molar-refractivity contribution in [3.8, 4) is 11.5 Å². The molecule has 4 nitrogen and oxygen atoms in total. The second-order valence-corrected chi connectivity index (χ2v) is 6.33. The molecule has 25 heavy (non-hydrogen) atoms. The van der Waals surface area contributed by atoms with Crippen molar-refractivity contribution in [3.05, 3.63) is 58.6 Å². The van der Waals surface area contributed by atoms with Crippen molar-refractivity contribution in [3.63, 3.8) is 0 Å². The highest BCUT2D eigenvalue weighted by Gasteiger charge is 2.13. The van der Waals surface area contributed by atoms with Crippen LogP contribution in [0.15, 0.2) is 42.5 Å². The van der Waals surface area contributed by atoms with Gasteiger partial charge in [-0.05, 0) is 50.1 Å². The number of ether oxygens (including phenoxy) is 2. The lowest BCUT2D eigenvalue weighted by molar-refractivity contribution is -0.121. The average molecular weight is 362 g/mol. The fourth-order valence-corrected chi connectivity index (χ4v) is 2.83. The Hall–Kier alpha value is -2.20. The van der Waals surface area contributed by atoms with E-state index in [1.165, 1.54) is 0 Å². The van der Waals surface area contributed by atoms with Crippen LogP contribution in [-0.4, -0.2) is 19.6 Å². The number of para-hydroxylation sites is 1. The number of hydrogen-bond acceptors (Lipinski definition) is 3. The van der Waals surface area contributed by atoms with Crippen LogP contribution in [0, 0.1) is 6.92 Å². The molecule has 0 aromatic heterocycles. The minimum atomic E-state index is -0.108. The van der Waals surface area contributed by atoms with Gasteiger partial charge in [0.05, 0.1) is 19.8 Å². The van der Waals surface area contributed by atoms with Gasteiger partial charge in [-0.2, -0.15) is 0 Å². The van der Waals surface area contributed by atoms with Crippen molar-refractivity contribution in [2.24, 2.45) is 0 Å². The Kier molecular flexibility index (Phi) is 7.14. The van der Waals surface area contributed by atoms with Crippen molar-refractivity contribution in [2.45, 2.75) is 32.7 Å². The lowest BCUT2D eigenvalue weighted by Gasteiger charge is -2.17. The van der Waals surface area contributed by atoms with E-state index in [0.29, 0.717) is 24.5 Å². The van der Waals surface area contributed by atoms with Gasteiger partial charge in [-0.15, -0.1) is 0 Å². The van der Waals surface area contributed by atoms with Crippen LogP contribution in [0.1, 0.15) is 36.9 Å². The van der Waals surface area contributed by atoms with Gasteiger partial charge in [0, 0.05) is 17.0 Å². The molecule has 2 rings (SSSR count). The van der Waals surface area contributed by atoms with Crippen LogP contribution in [0.25, 0.3) is 0 Å². The van der Waals surface area contributed by atoms with Crippen LogP contribution in [0.3, 0.4) is 0 Å². The first-order valence-corrected chi connectivity index (χ1v) is 8.70. The second kappa shape index (κ2) is 9.33. The van der Waals surface area contributed by atoms with Gasteiger partial charge in [-0.1, -0.05) is 29.8 Å². The predicted molar refractivity (Wildman–Crippen MR) is 100 cm³/mol. The molecule has 0 radical (unpaired) electrons. The molecule has 2 aromatic carbocycles. The number of nitrogens with one attached hydrogen (secondary N) is 1. The maximum absolute atomic E-state index is 12.1. The largest absolute Gasteiger partial charge is 0.496 e. The molecule has 0 bridgehead atoms. The maximum Gasteiger partial charge on any atom is 0.220 e. The summed E-state index contributed by atoms with van der Waals surface area (Å²) in [7, 11) is 1.63. The fourth-order valence-electron chi connectivity index (χ4n) is 2.61. The van der Waals surface area contributed by atoms with Crippen molar-refractivity contribution in [2.75, 3.05) is 13.7 Å². The molecule has 1 amide bonds.